The molecule has 0 aliphatic carbocycles. The molecule has 0 saturated carbocycles. The van der Waals surface area contributed by atoms with E-state index in [2.05, 4.69) is 24.7 Å². The third-order valence-electron chi connectivity index (χ3n) is 5.26. The summed E-state index contributed by atoms with van der Waals surface area (Å²) in [4.78, 5) is 38.8. The monoisotopic (exact) mass is 584 g/mol. The number of rotatable bonds is 13. The van der Waals surface area contributed by atoms with E-state index in [0.717, 1.165) is 16.9 Å². The number of amides is 2. The third-order valence-corrected chi connectivity index (χ3v) is 6.27. The van der Waals surface area contributed by atoms with Crippen molar-refractivity contribution < 1.29 is 36.4 Å². The average Bonchev–Trinajstić information content (AvgIpc) is 3.31. The molecule has 1 aliphatic heterocycles. The molecule has 2 aromatic rings. The number of carbonyl (C=O) groups excluding carboxylic acids is 2. The molecule has 0 spiro atoms. The summed E-state index contributed by atoms with van der Waals surface area (Å²) in [7, 11) is -4.94. The van der Waals surface area contributed by atoms with Crippen LogP contribution in [0.1, 0.15) is 25.1 Å². The van der Waals surface area contributed by atoms with Crippen LogP contribution in [-0.2, 0) is 29.1 Å². The number of nitrogens with one attached hydrogen (secondary N) is 1. The highest BCUT2D eigenvalue weighted by molar-refractivity contribution is 7.80. The molecule has 16 nitrogen and oxygen atoms in total. The van der Waals surface area contributed by atoms with Crippen LogP contribution in [0.5, 0.6) is 5.75 Å². The van der Waals surface area contributed by atoms with Gasteiger partial charge in [0, 0.05) is 17.5 Å². The van der Waals surface area contributed by atoms with Gasteiger partial charge in [0.25, 0.3) is 11.8 Å². The molecule has 1 saturated heterocycles. The maximum Gasteiger partial charge on any atom is 0.418 e. The van der Waals surface area contributed by atoms with E-state index in [1.807, 2.05) is 0 Å². The van der Waals surface area contributed by atoms with Crippen LogP contribution in [0.4, 0.5) is 5.13 Å². The Morgan fingerprint density at radius 1 is 1.28 bits per heavy atom. The van der Waals surface area contributed by atoms with Crippen molar-refractivity contribution in [3.05, 3.63) is 40.9 Å². The number of hydrogen-bond acceptors (Lipinski definition) is 13. The number of hydrogen-bond donors (Lipinski definition) is 5. The molecule has 1 aromatic carbocycles. The van der Waals surface area contributed by atoms with E-state index in [9.17, 15) is 18.0 Å². The normalized spacial score (nSPS) is 17.5. The van der Waals surface area contributed by atoms with Crippen LogP contribution in [0.2, 0.25) is 0 Å². The number of nitrogens with zero attached hydrogens (tertiary/aromatic N) is 4. The minimum Gasteiger partial charge on any atom is -0.490 e. The first-order valence-electron chi connectivity index (χ1n) is 11.3. The second-order valence-corrected chi connectivity index (χ2v) is 10.4. The third kappa shape index (κ3) is 7.60. The number of anilines is 1. The van der Waals surface area contributed by atoms with Gasteiger partial charge in [-0.05, 0) is 38.1 Å². The number of benzene rings is 1. The van der Waals surface area contributed by atoms with Crippen molar-refractivity contribution in [2.24, 2.45) is 21.6 Å². The highest BCUT2D eigenvalue weighted by atomic mass is 32.3. The second-order valence-electron chi connectivity index (χ2n) is 8.47. The number of nitrogen functional groups attached to an aromatic ring is 1. The predicted octanol–water partition coefficient (Wildman–Crippen LogP) is -0.971. The number of aliphatic imine (C=N–C) groups is 1. The van der Waals surface area contributed by atoms with Crippen molar-refractivity contribution in [2.45, 2.75) is 25.4 Å². The van der Waals surface area contributed by atoms with Crippen LogP contribution >= 0.6 is 11.3 Å². The summed E-state index contributed by atoms with van der Waals surface area (Å²) >= 11 is 1.06. The number of aromatic nitrogens is 1. The predicted molar refractivity (Wildman–Crippen MR) is 141 cm³/mol. The van der Waals surface area contributed by atoms with Gasteiger partial charge in [0.15, 0.2) is 17.5 Å². The Balaban J connectivity index is 1.61. The quantitative estimate of drug-likeness (QED) is 0.0476. The van der Waals surface area contributed by atoms with E-state index in [-0.39, 0.29) is 29.8 Å². The molecule has 0 unspecified atom stereocenters. The van der Waals surface area contributed by atoms with Crippen molar-refractivity contribution in [3.63, 3.8) is 0 Å². The van der Waals surface area contributed by atoms with Crippen molar-refractivity contribution >= 4 is 50.2 Å². The Morgan fingerprint density at radius 2 is 1.97 bits per heavy atom. The Hall–Kier alpha value is -3.84. The van der Waals surface area contributed by atoms with E-state index < -0.39 is 33.8 Å². The van der Waals surface area contributed by atoms with Crippen molar-refractivity contribution in [2.75, 3.05) is 32.0 Å². The molecular weight excluding hydrogens is 556 g/mol. The second kappa shape index (κ2) is 12.3. The van der Waals surface area contributed by atoms with Gasteiger partial charge in [0.1, 0.15) is 29.9 Å². The lowest BCUT2D eigenvalue weighted by Gasteiger charge is -2.50. The minimum absolute atomic E-state index is 0.0535. The maximum absolute atomic E-state index is 13.0. The number of amidine groups is 1. The summed E-state index contributed by atoms with van der Waals surface area (Å²) in [5.41, 5.74) is 16.2. The number of thiazole rings is 1. The molecule has 0 radical (unpaired) electrons. The molecule has 18 heteroatoms. The van der Waals surface area contributed by atoms with Gasteiger partial charge in [-0.2, -0.15) is 13.5 Å². The zero-order valence-corrected chi connectivity index (χ0v) is 22.6. The first-order valence-corrected chi connectivity index (χ1v) is 13.5. The van der Waals surface area contributed by atoms with E-state index in [0.29, 0.717) is 29.7 Å². The van der Waals surface area contributed by atoms with E-state index in [1.54, 1.807) is 24.3 Å². The van der Waals surface area contributed by atoms with Crippen LogP contribution in [-0.4, -0.2) is 84.3 Å². The molecule has 2 amide bonds. The molecule has 2 heterocycles. The van der Waals surface area contributed by atoms with Gasteiger partial charge >= 0.3 is 10.4 Å². The Kier molecular flexibility index (Phi) is 9.41. The number of β-lactam (4-membered cyclic amide) rings is 1. The van der Waals surface area contributed by atoms with Crippen LogP contribution in [0.3, 0.4) is 0 Å². The van der Waals surface area contributed by atoms with Crippen LogP contribution in [0.25, 0.3) is 0 Å². The van der Waals surface area contributed by atoms with Gasteiger partial charge in [-0.25, -0.2) is 4.98 Å². The fourth-order valence-electron chi connectivity index (χ4n) is 3.33. The van der Waals surface area contributed by atoms with Gasteiger partial charge in [0.2, 0.25) is 0 Å². The molecule has 1 atom stereocenters. The van der Waals surface area contributed by atoms with Crippen LogP contribution in [0.15, 0.2) is 39.8 Å². The highest BCUT2D eigenvalue weighted by Gasteiger charge is 2.58. The lowest BCUT2D eigenvalue weighted by Crippen LogP contribution is -2.76. The molecule has 3 rings (SSSR count). The topological polar surface area (TPSA) is 247 Å². The summed E-state index contributed by atoms with van der Waals surface area (Å²) in [5, 5.41) is 8.36. The number of carbonyl (C=O) groups is 2. The SMILES string of the molecule is CC1(C)[C@H](NC(=O)C(=NOCCOc2ccc(C(N)=NCCN)cc2)c2csc(N)n2)C(=O)N1OS(=O)(=O)O. The number of hydroxylamine groups is 2. The Labute approximate surface area is 227 Å². The van der Waals surface area contributed by atoms with E-state index in [4.69, 9.17) is 31.3 Å². The smallest absolute Gasteiger partial charge is 0.418 e. The largest absolute Gasteiger partial charge is 0.490 e. The molecule has 212 valence electrons. The number of ether oxygens (including phenoxy) is 1. The first-order chi connectivity index (χ1) is 18.3. The molecule has 39 heavy (non-hydrogen) atoms. The van der Waals surface area contributed by atoms with Crippen molar-refractivity contribution in [1.29, 1.82) is 0 Å². The van der Waals surface area contributed by atoms with Gasteiger partial charge in [-0.3, -0.25) is 19.1 Å². The molecule has 8 N–H and O–H groups in total. The van der Waals surface area contributed by atoms with Crippen molar-refractivity contribution in [1.82, 2.24) is 15.4 Å². The first kappa shape index (κ1) is 29.7. The standard InChI is InChI=1S/C21H28N8O8S2/c1-21(2)16(19(31)29(21)37-39(32,33)34)27-18(30)15(14-11-38-20(24)26-14)28-36-10-9-35-13-5-3-12(4-6-13)17(23)25-8-7-22/h3-6,11,16H,7-10,22H2,1-2H3,(H2,23,25)(H2,24,26)(H,27,30)(H,32,33,34)/t16-/m1/s1. The molecule has 1 aliphatic rings. The number of nitrogens with two attached hydrogens (primary N) is 3. The Morgan fingerprint density at radius 3 is 2.54 bits per heavy atom. The minimum atomic E-state index is -4.94. The van der Waals surface area contributed by atoms with E-state index in [1.165, 1.54) is 19.2 Å². The lowest BCUT2D eigenvalue weighted by molar-refractivity contribution is -0.218. The average molecular weight is 585 g/mol. The Bertz CT molecular complexity index is 1360. The van der Waals surface area contributed by atoms with Gasteiger partial charge < -0.3 is 32.1 Å². The molecule has 1 fully saturated rings. The summed E-state index contributed by atoms with van der Waals surface area (Å²) in [6, 6.07) is 5.68. The molecule has 0 bridgehead atoms. The summed E-state index contributed by atoms with van der Waals surface area (Å²) in [5.74, 6) is -0.853. The fourth-order valence-corrected chi connectivity index (χ4v) is 4.33. The van der Waals surface area contributed by atoms with Crippen molar-refractivity contribution in [3.8, 4) is 5.75 Å². The van der Waals surface area contributed by atoms with Crippen LogP contribution in [0, 0.1) is 0 Å². The van der Waals surface area contributed by atoms with Gasteiger partial charge in [-0.15, -0.1) is 15.6 Å². The molecule has 1 aromatic heterocycles. The zero-order chi connectivity index (χ0) is 28.8. The lowest BCUT2D eigenvalue weighted by atomic mass is 9.84. The molecular formula is C21H28N8O8S2. The van der Waals surface area contributed by atoms with Crippen LogP contribution < -0.4 is 27.3 Å². The summed E-state index contributed by atoms with van der Waals surface area (Å²) < 4.78 is 40.8. The summed E-state index contributed by atoms with van der Waals surface area (Å²) in [6.45, 7) is 3.68. The van der Waals surface area contributed by atoms with Gasteiger partial charge in [-0.1, -0.05) is 5.16 Å². The highest BCUT2D eigenvalue weighted by Crippen LogP contribution is 2.32. The summed E-state index contributed by atoms with van der Waals surface area (Å²) in [6.07, 6.45) is 0. The maximum atomic E-state index is 13.0. The van der Waals surface area contributed by atoms with E-state index >= 15 is 0 Å². The number of oxime groups is 1. The van der Waals surface area contributed by atoms with Gasteiger partial charge in [0.05, 0.1) is 12.1 Å². The fraction of sp³-hybridized carbons (Fsp3) is 0.381. The zero-order valence-electron chi connectivity index (χ0n) is 20.9.